The molecule has 0 fully saturated rings. The molecule has 0 spiro atoms. The summed E-state index contributed by atoms with van der Waals surface area (Å²) < 4.78 is 0. The summed E-state index contributed by atoms with van der Waals surface area (Å²) in [7, 11) is 1.83. The number of hydrogen-bond donors (Lipinski definition) is 0. The van der Waals surface area contributed by atoms with Crippen LogP contribution >= 0.6 is 0 Å². The van der Waals surface area contributed by atoms with Gasteiger partial charge < -0.3 is 4.90 Å². The minimum Gasteiger partial charge on any atom is -0.341 e. The van der Waals surface area contributed by atoms with Crippen molar-refractivity contribution in [2.75, 3.05) is 13.6 Å². The van der Waals surface area contributed by atoms with Crippen LogP contribution in [0.3, 0.4) is 0 Å². The third kappa shape index (κ3) is 3.33. The maximum atomic E-state index is 12.0. The molecule has 1 heterocycles. The highest BCUT2D eigenvalue weighted by Crippen LogP contribution is 2.06. The normalized spacial score (nSPS) is 10.6. The second-order valence-electron chi connectivity index (χ2n) is 4.47. The molecular weight excluding hydrogens is 200 g/mol. The van der Waals surface area contributed by atoms with Crippen LogP contribution in [-0.2, 0) is 6.42 Å². The summed E-state index contributed by atoms with van der Waals surface area (Å²) in [5.41, 5.74) is 1.68. The summed E-state index contributed by atoms with van der Waals surface area (Å²) in [5.74, 6) is 0.528. The van der Waals surface area contributed by atoms with Gasteiger partial charge in [0.05, 0.1) is 5.56 Å². The highest BCUT2D eigenvalue weighted by atomic mass is 16.2. The molecule has 1 aromatic rings. The first-order chi connectivity index (χ1) is 7.54. The number of nitrogens with zero attached hydrogens (tertiary/aromatic N) is 2. The van der Waals surface area contributed by atoms with E-state index in [1.807, 2.05) is 19.2 Å². The number of aryl methyl sites for hydroxylation is 1. The van der Waals surface area contributed by atoms with Gasteiger partial charge in [-0.2, -0.15) is 0 Å². The Hall–Kier alpha value is -1.38. The molecular formula is C13H20N2O. The van der Waals surface area contributed by atoms with Gasteiger partial charge >= 0.3 is 0 Å². The first-order valence-corrected chi connectivity index (χ1v) is 5.75. The van der Waals surface area contributed by atoms with Crippen molar-refractivity contribution < 1.29 is 4.79 Å². The molecule has 0 bridgehead atoms. The number of carbonyl (C=O) groups excluding carboxylic acids is 1. The van der Waals surface area contributed by atoms with Crippen LogP contribution in [0.25, 0.3) is 0 Å². The van der Waals surface area contributed by atoms with E-state index in [4.69, 9.17) is 0 Å². The number of aromatic nitrogens is 1. The van der Waals surface area contributed by atoms with Crippen LogP contribution in [0.2, 0.25) is 0 Å². The monoisotopic (exact) mass is 220 g/mol. The molecule has 0 saturated heterocycles. The van der Waals surface area contributed by atoms with Crippen molar-refractivity contribution in [3.05, 3.63) is 29.6 Å². The molecule has 1 aromatic heterocycles. The predicted molar refractivity (Wildman–Crippen MR) is 65.4 cm³/mol. The zero-order valence-corrected chi connectivity index (χ0v) is 10.5. The van der Waals surface area contributed by atoms with E-state index < -0.39 is 0 Å². The van der Waals surface area contributed by atoms with Crippen LogP contribution in [0.1, 0.15) is 36.8 Å². The van der Waals surface area contributed by atoms with Gasteiger partial charge in [0.25, 0.3) is 5.91 Å². The van der Waals surface area contributed by atoms with E-state index in [2.05, 4.69) is 25.8 Å². The lowest BCUT2D eigenvalue weighted by Gasteiger charge is -2.19. The standard InChI is InChI=1S/C13H20N2O/c1-5-12-7-6-11(8-14-12)13(16)15(4)9-10(2)3/h6-8,10H,5,9H2,1-4H3. The number of pyridine rings is 1. The third-order valence-corrected chi connectivity index (χ3v) is 2.42. The van der Waals surface area contributed by atoms with Crippen LogP contribution in [0, 0.1) is 5.92 Å². The smallest absolute Gasteiger partial charge is 0.255 e. The van der Waals surface area contributed by atoms with Gasteiger partial charge in [-0.1, -0.05) is 20.8 Å². The first kappa shape index (κ1) is 12.7. The van der Waals surface area contributed by atoms with E-state index in [0.717, 1.165) is 18.7 Å². The van der Waals surface area contributed by atoms with Crippen LogP contribution in [0.5, 0.6) is 0 Å². The van der Waals surface area contributed by atoms with Crippen molar-refractivity contribution in [3.8, 4) is 0 Å². The van der Waals surface area contributed by atoms with E-state index in [0.29, 0.717) is 11.5 Å². The van der Waals surface area contributed by atoms with Crippen LogP contribution in [0.15, 0.2) is 18.3 Å². The predicted octanol–water partition coefficient (Wildman–Crippen LogP) is 2.37. The number of rotatable bonds is 4. The maximum Gasteiger partial charge on any atom is 0.255 e. The van der Waals surface area contributed by atoms with Gasteiger partial charge in [-0.3, -0.25) is 9.78 Å². The van der Waals surface area contributed by atoms with E-state index >= 15 is 0 Å². The lowest BCUT2D eigenvalue weighted by atomic mass is 10.2. The molecule has 0 N–H and O–H groups in total. The Kier molecular flexibility index (Phi) is 4.47. The Bertz CT molecular complexity index is 343. The Labute approximate surface area is 97.5 Å². The molecule has 3 nitrogen and oxygen atoms in total. The minimum absolute atomic E-state index is 0.0452. The Morgan fingerprint density at radius 3 is 2.56 bits per heavy atom. The third-order valence-electron chi connectivity index (χ3n) is 2.42. The highest BCUT2D eigenvalue weighted by Gasteiger charge is 2.12. The number of hydrogen-bond acceptors (Lipinski definition) is 2. The lowest BCUT2D eigenvalue weighted by molar-refractivity contribution is 0.0778. The summed E-state index contributed by atoms with van der Waals surface area (Å²) in [6, 6.07) is 3.77. The SMILES string of the molecule is CCc1ccc(C(=O)N(C)CC(C)C)cn1. The first-order valence-electron chi connectivity index (χ1n) is 5.75. The van der Waals surface area contributed by atoms with Crippen molar-refractivity contribution in [1.82, 2.24) is 9.88 Å². The molecule has 3 heteroatoms. The zero-order valence-electron chi connectivity index (χ0n) is 10.5. The van der Waals surface area contributed by atoms with Gasteiger partial charge in [0.15, 0.2) is 0 Å². The Balaban J connectivity index is 2.72. The largest absolute Gasteiger partial charge is 0.341 e. The molecule has 0 saturated carbocycles. The van der Waals surface area contributed by atoms with Crippen molar-refractivity contribution in [2.24, 2.45) is 5.92 Å². The van der Waals surface area contributed by atoms with Gasteiger partial charge in [0.2, 0.25) is 0 Å². The summed E-state index contributed by atoms with van der Waals surface area (Å²) in [6.07, 6.45) is 2.56. The van der Waals surface area contributed by atoms with Gasteiger partial charge in [0, 0.05) is 25.5 Å². The molecule has 88 valence electrons. The van der Waals surface area contributed by atoms with E-state index in [-0.39, 0.29) is 5.91 Å². The van der Waals surface area contributed by atoms with Crippen LogP contribution in [-0.4, -0.2) is 29.4 Å². The second kappa shape index (κ2) is 5.64. The number of carbonyl (C=O) groups is 1. The second-order valence-corrected chi connectivity index (χ2v) is 4.47. The summed E-state index contributed by atoms with van der Waals surface area (Å²) >= 11 is 0. The van der Waals surface area contributed by atoms with Crippen molar-refractivity contribution in [3.63, 3.8) is 0 Å². The van der Waals surface area contributed by atoms with E-state index in [1.54, 1.807) is 11.1 Å². The van der Waals surface area contributed by atoms with Crippen molar-refractivity contribution >= 4 is 5.91 Å². The summed E-state index contributed by atoms with van der Waals surface area (Å²) in [5, 5.41) is 0. The van der Waals surface area contributed by atoms with Gasteiger partial charge in [-0.15, -0.1) is 0 Å². The summed E-state index contributed by atoms with van der Waals surface area (Å²) in [6.45, 7) is 7.02. The van der Waals surface area contributed by atoms with Crippen molar-refractivity contribution in [2.45, 2.75) is 27.2 Å². The fourth-order valence-electron chi connectivity index (χ4n) is 1.61. The topological polar surface area (TPSA) is 33.2 Å². The molecule has 0 aliphatic heterocycles. The fourth-order valence-corrected chi connectivity index (χ4v) is 1.61. The minimum atomic E-state index is 0.0452. The zero-order chi connectivity index (χ0) is 12.1. The van der Waals surface area contributed by atoms with E-state index in [1.165, 1.54) is 0 Å². The van der Waals surface area contributed by atoms with Crippen LogP contribution < -0.4 is 0 Å². The van der Waals surface area contributed by atoms with Gasteiger partial charge in [0.1, 0.15) is 0 Å². The molecule has 1 rings (SSSR count). The molecule has 0 atom stereocenters. The Morgan fingerprint density at radius 2 is 2.12 bits per heavy atom. The fraction of sp³-hybridized carbons (Fsp3) is 0.538. The molecule has 0 aliphatic carbocycles. The molecule has 1 amide bonds. The molecule has 0 unspecified atom stereocenters. The Morgan fingerprint density at radius 1 is 1.44 bits per heavy atom. The lowest BCUT2D eigenvalue weighted by Crippen LogP contribution is -2.30. The molecule has 0 aromatic carbocycles. The van der Waals surface area contributed by atoms with Gasteiger partial charge in [-0.25, -0.2) is 0 Å². The number of amides is 1. The molecule has 16 heavy (non-hydrogen) atoms. The highest BCUT2D eigenvalue weighted by molar-refractivity contribution is 5.93. The summed E-state index contributed by atoms with van der Waals surface area (Å²) in [4.78, 5) is 17.9. The quantitative estimate of drug-likeness (QED) is 0.780. The van der Waals surface area contributed by atoms with Crippen LogP contribution in [0.4, 0.5) is 0 Å². The maximum absolute atomic E-state index is 12.0. The molecule has 0 radical (unpaired) electrons. The van der Waals surface area contributed by atoms with Gasteiger partial charge in [-0.05, 0) is 24.5 Å². The van der Waals surface area contributed by atoms with Crippen molar-refractivity contribution in [1.29, 1.82) is 0 Å². The molecule has 0 aliphatic rings. The average Bonchev–Trinajstić information content (AvgIpc) is 2.27. The van der Waals surface area contributed by atoms with E-state index in [9.17, 15) is 4.79 Å². The average molecular weight is 220 g/mol.